The number of benzene rings is 2. The van der Waals surface area contributed by atoms with Crippen LogP contribution in [0, 0.1) is 17.0 Å². The molecule has 6 heteroatoms. The van der Waals surface area contributed by atoms with E-state index >= 15 is 0 Å². The molecule has 0 atom stereocenters. The number of aryl methyl sites for hydroxylation is 1. The van der Waals surface area contributed by atoms with E-state index in [-0.39, 0.29) is 16.9 Å². The van der Waals surface area contributed by atoms with Crippen LogP contribution < -0.4 is 11.1 Å². The molecule has 108 valence electrons. The third-order valence-electron chi connectivity index (χ3n) is 3.08. The van der Waals surface area contributed by atoms with Crippen molar-refractivity contribution >= 4 is 17.3 Å². The predicted molar refractivity (Wildman–Crippen MR) is 80.1 cm³/mol. The maximum atomic E-state index is 11.2. The van der Waals surface area contributed by atoms with Crippen molar-refractivity contribution in [2.24, 2.45) is 5.73 Å². The SMILES string of the molecule is Cc1ccc(CNc2cc(C(N)=O)ccc2[N+](=O)[O-])cc1. The molecule has 0 radical (unpaired) electrons. The van der Waals surface area contributed by atoms with Crippen molar-refractivity contribution in [2.45, 2.75) is 13.5 Å². The highest BCUT2D eigenvalue weighted by atomic mass is 16.6. The van der Waals surface area contributed by atoms with Crippen LogP contribution in [-0.4, -0.2) is 10.8 Å². The molecule has 0 fully saturated rings. The van der Waals surface area contributed by atoms with Crippen LogP contribution in [0.1, 0.15) is 21.5 Å². The predicted octanol–water partition coefficient (Wildman–Crippen LogP) is 2.61. The minimum absolute atomic E-state index is 0.0906. The molecule has 0 heterocycles. The van der Waals surface area contributed by atoms with Crippen molar-refractivity contribution in [3.63, 3.8) is 0 Å². The maximum absolute atomic E-state index is 11.2. The van der Waals surface area contributed by atoms with Crippen molar-refractivity contribution in [1.29, 1.82) is 0 Å². The minimum Gasteiger partial charge on any atom is -0.375 e. The van der Waals surface area contributed by atoms with Crippen molar-refractivity contribution in [1.82, 2.24) is 0 Å². The van der Waals surface area contributed by atoms with Gasteiger partial charge in [-0.2, -0.15) is 0 Å². The van der Waals surface area contributed by atoms with E-state index in [1.54, 1.807) is 0 Å². The standard InChI is InChI=1S/C15H15N3O3/c1-10-2-4-11(5-3-10)9-17-13-8-12(15(16)19)6-7-14(13)18(20)21/h2-8,17H,9H2,1H3,(H2,16,19). The molecular formula is C15H15N3O3. The van der Waals surface area contributed by atoms with E-state index in [4.69, 9.17) is 5.73 Å². The molecule has 0 unspecified atom stereocenters. The lowest BCUT2D eigenvalue weighted by Crippen LogP contribution is -2.12. The molecule has 0 aliphatic rings. The van der Waals surface area contributed by atoms with Gasteiger partial charge in [-0.15, -0.1) is 0 Å². The van der Waals surface area contributed by atoms with E-state index in [1.165, 1.54) is 18.2 Å². The van der Waals surface area contributed by atoms with Crippen LogP contribution in [0.15, 0.2) is 42.5 Å². The highest BCUT2D eigenvalue weighted by Gasteiger charge is 2.15. The molecule has 0 saturated carbocycles. The molecule has 0 aromatic heterocycles. The Labute approximate surface area is 121 Å². The summed E-state index contributed by atoms with van der Waals surface area (Å²) in [4.78, 5) is 21.7. The zero-order valence-electron chi connectivity index (χ0n) is 11.5. The Morgan fingerprint density at radius 3 is 2.48 bits per heavy atom. The van der Waals surface area contributed by atoms with Crippen LogP contribution in [0.25, 0.3) is 0 Å². The Balaban J connectivity index is 2.24. The molecule has 21 heavy (non-hydrogen) atoms. The van der Waals surface area contributed by atoms with Crippen LogP contribution in [0.2, 0.25) is 0 Å². The lowest BCUT2D eigenvalue weighted by Gasteiger charge is -2.08. The van der Waals surface area contributed by atoms with Gasteiger partial charge < -0.3 is 11.1 Å². The van der Waals surface area contributed by atoms with Gasteiger partial charge in [0.25, 0.3) is 5.69 Å². The molecule has 2 aromatic rings. The molecule has 0 spiro atoms. The monoisotopic (exact) mass is 285 g/mol. The number of anilines is 1. The quantitative estimate of drug-likeness (QED) is 0.651. The summed E-state index contributed by atoms with van der Waals surface area (Å²) in [5, 5.41) is 14.0. The minimum atomic E-state index is -0.622. The zero-order valence-corrected chi connectivity index (χ0v) is 11.5. The molecular weight excluding hydrogens is 270 g/mol. The molecule has 0 saturated heterocycles. The van der Waals surface area contributed by atoms with Gasteiger partial charge in [0.05, 0.1) is 4.92 Å². The number of nitrogens with zero attached hydrogens (tertiary/aromatic N) is 1. The average molecular weight is 285 g/mol. The van der Waals surface area contributed by atoms with E-state index in [2.05, 4.69) is 5.32 Å². The molecule has 2 rings (SSSR count). The van der Waals surface area contributed by atoms with Crippen LogP contribution in [0.5, 0.6) is 0 Å². The van der Waals surface area contributed by atoms with Crippen LogP contribution >= 0.6 is 0 Å². The number of hydrogen-bond donors (Lipinski definition) is 2. The fraction of sp³-hybridized carbons (Fsp3) is 0.133. The Bertz CT molecular complexity index is 681. The largest absolute Gasteiger partial charge is 0.375 e. The number of hydrogen-bond acceptors (Lipinski definition) is 4. The van der Waals surface area contributed by atoms with Gasteiger partial charge in [0.1, 0.15) is 5.69 Å². The number of amides is 1. The topological polar surface area (TPSA) is 98.3 Å². The first-order valence-electron chi connectivity index (χ1n) is 6.35. The summed E-state index contributed by atoms with van der Waals surface area (Å²) in [6, 6.07) is 11.8. The van der Waals surface area contributed by atoms with Crippen molar-refractivity contribution in [2.75, 3.05) is 5.32 Å². The molecule has 0 aliphatic carbocycles. The first-order chi connectivity index (χ1) is 9.97. The highest BCUT2D eigenvalue weighted by molar-refractivity contribution is 5.94. The van der Waals surface area contributed by atoms with Gasteiger partial charge >= 0.3 is 0 Å². The Hall–Kier alpha value is -2.89. The second kappa shape index (κ2) is 6.04. The third kappa shape index (κ3) is 3.56. The average Bonchev–Trinajstić information content (AvgIpc) is 2.46. The number of nitrogens with two attached hydrogens (primary N) is 1. The number of carbonyl (C=O) groups is 1. The molecule has 0 bridgehead atoms. The van der Waals surface area contributed by atoms with Gasteiger partial charge in [-0.05, 0) is 24.6 Å². The summed E-state index contributed by atoms with van der Waals surface area (Å²) < 4.78 is 0. The lowest BCUT2D eigenvalue weighted by molar-refractivity contribution is -0.384. The number of nitro groups is 1. The van der Waals surface area contributed by atoms with Crippen LogP contribution in [-0.2, 0) is 6.54 Å². The Morgan fingerprint density at radius 2 is 1.90 bits per heavy atom. The van der Waals surface area contributed by atoms with Gasteiger partial charge in [0.2, 0.25) is 5.91 Å². The van der Waals surface area contributed by atoms with E-state index in [0.29, 0.717) is 6.54 Å². The number of nitrogens with one attached hydrogen (secondary N) is 1. The second-order valence-electron chi connectivity index (χ2n) is 4.69. The van der Waals surface area contributed by atoms with Crippen molar-refractivity contribution < 1.29 is 9.72 Å². The molecule has 0 aliphatic heterocycles. The van der Waals surface area contributed by atoms with Gasteiger partial charge in [-0.1, -0.05) is 29.8 Å². The summed E-state index contributed by atoms with van der Waals surface area (Å²) in [7, 11) is 0. The van der Waals surface area contributed by atoms with Crippen LogP contribution in [0.4, 0.5) is 11.4 Å². The fourth-order valence-electron chi connectivity index (χ4n) is 1.89. The highest BCUT2D eigenvalue weighted by Crippen LogP contribution is 2.26. The summed E-state index contributed by atoms with van der Waals surface area (Å²) >= 11 is 0. The van der Waals surface area contributed by atoms with Gasteiger partial charge in [0, 0.05) is 18.2 Å². The molecule has 2 aromatic carbocycles. The Kier molecular flexibility index (Phi) is 4.18. The number of primary amides is 1. The Morgan fingerprint density at radius 1 is 1.24 bits per heavy atom. The fourth-order valence-corrected chi connectivity index (χ4v) is 1.89. The van der Waals surface area contributed by atoms with Gasteiger partial charge in [0.15, 0.2) is 0 Å². The van der Waals surface area contributed by atoms with Gasteiger partial charge in [-0.25, -0.2) is 0 Å². The summed E-state index contributed by atoms with van der Waals surface area (Å²) in [6.07, 6.45) is 0. The normalized spacial score (nSPS) is 10.1. The second-order valence-corrected chi connectivity index (χ2v) is 4.69. The smallest absolute Gasteiger partial charge is 0.292 e. The molecule has 3 N–H and O–H groups in total. The maximum Gasteiger partial charge on any atom is 0.292 e. The first-order valence-corrected chi connectivity index (χ1v) is 6.35. The number of carbonyl (C=O) groups excluding carboxylic acids is 1. The van der Waals surface area contributed by atoms with E-state index in [1.807, 2.05) is 31.2 Å². The molecule has 6 nitrogen and oxygen atoms in total. The third-order valence-corrected chi connectivity index (χ3v) is 3.08. The van der Waals surface area contributed by atoms with E-state index < -0.39 is 10.8 Å². The number of nitro benzene ring substituents is 1. The van der Waals surface area contributed by atoms with Crippen molar-refractivity contribution in [3.05, 3.63) is 69.3 Å². The number of rotatable bonds is 5. The summed E-state index contributed by atoms with van der Waals surface area (Å²) in [6.45, 7) is 2.40. The van der Waals surface area contributed by atoms with Crippen molar-refractivity contribution in [3.8, 4) is 0 Å². The summed E-state index contributed by atoms with van der Waals surface area (Å²) in [5.74, 6) is -0.622. The molecule has 1 amide bonds. The van der Waals surface area contributed by atoms with E-state index in [9.17, 15) is 14.9 Å². The van der Waals surface area contributed by atoms with E-state index in [0.717, 1.165) is 11.1 Å². The zero-order chi connectivity index (χ0) is 15.4. The summed E-state index contributed by atoms with van der Waals surface area (Å²) in [5.41, 5.74) is 7.73. The lowest BCUT2D eigenvalue weighted by atomic mass is 10.1. The first kappa shape index (κ1) is 14.5. The van der Waals surface area contributed by atoms with Crippen LogP contribution in [0.3, 0.4) is 0 Å². The van der Waals surface area contributed by atoms with Gasteiger partial charge in [-0.3, -0.25) is 14.9 Å².